The van der Waals surface area contributed by atoms with Gasteiger partial charge in [0.1, 0.15) is 5.82 Å². The summed E-state index contributed by atoms with van der Waals surface area (Å²) in [7, 11) is 1.94. The number of rotatable bonds is 4. The number of aromatic nitrogens is 2. The van der Waals surface area contributed by atoms with Crippen LogP contribution in [0.3, 0.4) is 0 Å². The number of hydrogen-bond donors (Lipinski definition) is 2. The van der Waals surface area contributed by atoms with E-state index in [9.17, 15) is 0 Å². The molecule has 0 aliphatic rings. The Kier molecular flexibility index (Phi) is 3.41. The molecule has 0 bridgehead atoms. The molecule has 0 aliphatic carbocycles. The second-order valence-corrected chi connectivity index (χ2v) is 4.41. The van der Waals surface area contributed by atoms with Crippen molar-refractivity contribution in [2.24, 2.45) is 5.73 Å². The van der Waals surface area contributed by atoms with Crippen molar-refractivity contribution in [2.45, 2.75) is 19.4 Å². The Labute approximate surface area is 106 Å². The van der Waals surface area contributed by atoms with E-state index in [1.165, 1.54) is 0 Å². The molecule has 1 unspecified atom stereocenters. The van der Waals surface area contributed by atoms with Gasteiger partial charge in [0.15, 0.2) is 0 Å². The van der Waals surface area contributed by atoms with E-state index in [0.29, 0.717) is 6.42 Å². The molecule has 3 N–H and O–H groups in total. The van der Waals surface area contributed by atoms with E-state index in [0.717, 1.165) is 16.9 Å². The molecule has 1 heterocycles. The van der Waals surface area contributed by atoms with E-state index in [2.05, 4.69) is 9.97 Å². The maximum atomic E-state index is 7.33. The molecule has 0 aliphatic heterocycles. The molecule has 0 amide bonds. The molecule has 5 nitrogen and oxygen atoms in total. The maximum Gasteiger partial charge on any atom is 0.147 e. The normalized spacial score (nSPS) is 12.3. The van der Waals surface area contributed by atoms with Crippen molar-refractivity contribution >= 4 is 22.7 Å². The Hall–Kier alpha value is -2.17. The van der Waals surface area contributed by atoms with Gasteiger partial charge in [-0.05, 0) is 19.1 Å². The lowest BCUT2D eigenvalue weighted by molar-refractivity contribution is 0.700. The van der Waals surface area contributed by atoms with Crippen LogP contribution in [0.4, 0.5) is 5.82 Å². The number of nitrogens with two attached hydrogens (primary N) is 1. The molecule has 1 atom stereocenters. The van der Waals surface area contributed by atoms with Gasteiger partial charge in [-0.2, -0.15) is 0 Å². The van der Waals surface area contributed by atoms with Gasteiger partial charge < -0.3 is 10.6 Å². The molecule has 2 rings (SSSR count). The first kappa shape index (κ1) is 12.3. The number of amidine groups is 1. The standard InChI is InChI=1S/C13H17N5/c1-9(7-12(14)15)18(2)13-8-16-10-5-3-4-6-11(10)17-13/h3-6,8-9H,7H2,1-2H3,(H3,14,15). The fraction of sp³-hybridized carbons (Fsp3) is 0.308. The first-order valence-electron chi connectivity index (χ1n) is 5.85. The van der Waals surface area contributed by atoms with Crippen molar-refractivity contribution in [1.82, 2.24) is 9.97 Å². The average molecular weight is 243 g/mol. The van der Waals surface area contributed by atoms with Crippen molar-refractivity contribution in [1.29, 1.82) is 5.41 Å². The Morgan fingerprint density at radius 2 is 2.06 bits per heavy atom. The highest BCUT2D eigenvalue weighted by Gasteiger charge is 2.13. The largest absolute Gasteiger partial charge is 0.388 e. The van der Waals surface area contributed by atoms with Gasteiger partial charge in [0, 0.05) is 19.5 Å². The lowest BCUT2D eigenvalue weighted by Crippen LogP contribution is -2.33. The summed E-state index contributed by atoms with van der Waals surface area (Å²) in [5.41, 5.74) is 7.18. The summed E-state index contributed by atoms with van der Waals surface area (Å²) in [6.07, 6.45) is 2.27. The molecule has 0 radical (unpaired) electrons. The molecular weight excluding hydrogens is 226 g/mol. The van der Waals surface area contributed by atoms with E-state index in [1.807, 2.05) is 43.1 Å². The van der Waals surface area contributed by atoms with Crippen LogP contribution >= 0.6 is 0 Å². The van der Waals surface area contributed by atoms with Crippen LogP contribution in [0.2, 0.25) is 0 Å². The van der Waals surface area contributed by atoms with E-state index in [1.54, 1.807) is 6.20 Å². The second kappa shape index (κ2) is 5.00. The molecule has 1 aromatic heterocycles. The van der Waals surface area contributed by atoms with Gasteiger partial charge in [-0.25, -0.2) is 4.98 Å². The van der Waals surface area contributed by atoms with Crippen molar-refractivity contribution < 1.29 is 0 Å². The number of anilines is 1. The minimum Gasteiger partial charge on any atom is -0.388 e. The van der Waals surface area contributed by atoms with Crippen LogP contribution in [0.25, 0.3) is 11.0 Å². The van der Waals surface area contributed by atoms with Crippen LogP contribution in [-0.4, -0.2) is 28.9 Å². The molecular formula is C13H17N5. The predicted octanol–water partition coefficient (Wildman–Crippen LogP) is 1.78. The van der Waals surface area contributed by atoms with Crippen LogP contribution in [0.5, 0.6) is 0 Å². The Bertz CT molecular complexity index is 566. The molecule has 0 spiro atoms. The number of benzene rings is 1. The summed E-state index contributed by atoms with van der Waals surface area (Å²) in [5.74, 6) is 0.977. The molecule has 1 aromatic carbocycles. The zero-order valence-corrected chi connectivity index (χ0v) is 10.6. The van der Waals surface area contributed by atoms with Crippen molar-refractivity contribution in [3.8, 4) is 0 Å². The van der Waals surface area contributed by atoms with E-state index in [-0.39, 0.29) is 11.9 Å². The van der Waals surface area contributed by atoms with E-state index < -0.39 is 0 Å². The summed E-state index contributed by atoms with van der Waals surface area (Å²) in [5, 5.41) is 7.33. The molecule has 5 heteroatoms. The highest BCUT2D eigenvalue weighted by atomic mass is 15.2. The van der Waals surface area contributed by atoms with Gasteiger partial charge in [-0.15, -0.1) is 0 Å². The van der Waals surface area contributed by atoms with Crippen LogP contribution in [-0.2, 0) is 0 Å². The minimum absolute atomic E-state index is 0.123. The zero-order chi connectivity index (χ0) is 13.1. The van der Waals surface area contributed by atoms with Crippen LogP contribution in [0, 0.1) is 5.41 Å². The topological polar surface area (TPSA) is 78.9 Å². The number of nitrogens with zero attached hydrogens (tertiary/aromatic N) is 3. The molecule has 94 valence electrons. The Morgan fingerprint density at radius 3 is 2.72 bits per heavy atom. The number of nitrogens with one attached hydrogen (secondary N) is 1. The molecule has 18 heavy (non-hydrogen) atoms. The number of fused-ring (bicyclic) bond motifs is 1. The van der Waals surface area contributed by atoms with Crippen LogP contribution in [0.15, 0.2) is 30.5 Å². The minimum atomic E-state index is 0.123. The van der Waals surface area contributed by atoms with Gasteiger partial charge in [-0.1, -0.05) is 12.1 Å². The fourth-order valence-electron chi connectivity index (χ4n) is 1.80. The Balaban J connectivity index is 2.27. The number of para-hydroxylation sites is 2. The maximum absolute atomic E-state index is 7.33. The summed E-state index contributed by atoms with van der Waals surface area (Å²) in [6, 6.07) is 7.89. The van der Waals surface area contributed by atoms with Crippen molar-refractivity contribution in [3.05, 3.63) is 30.5 Å². The summed E-state index contributed by atoms with van der Waals surface area (Å²) >= 11 is 0. The second-order valence-electron chi connectivity index (χ2n) is 4.41. The molecule has 0 saturated carbocycles. The Morgan fingerprint density at radius 1 is 1.39 bits per heavy atom. The van der Waals surface area contributed by atoms with Crippen LogP contribution in [0.1, 0.15) is 13.3 Å². The molecule has 0 fully saturated rings. The fourth-order valence-corrected chi connectivity index (χ4v) is 1.80. The van der Waals surface area contributed by atoms with Crippen molar-refractivity contribution in [3.63, 3.8) is 0 Å². The van der Waals surface area contributed by atoms with Crippen molar-refractivity contribution in [2.75, 3.05) is 11.9 Å². The smallest absolute Gasteiger partial charge is 0.147 e. The molecule has 2 aromatic rings. The first-order valence-corrected chi connectivity index (χ1v) is 5.85. The highest BCUT2D eigenvalue weighted by molar-refractivity contribution is 5.78. The van der Waals surface area contributed by atoms with Gasteiger partial charge in [0.2, 0.25) is 0 Å². The third kappa shape index (κ3) is 2.56. The lowest BCUT2D eigenvalue weighted by atomic mass is 10.2. The summed E-state index contributed by atoms with van der Waals surface area (Å²) in [4.78, 5) is 10.9. The third-order valence-corrected chi connectivity index (χ3v) is 2.97. The quantitative estimate of drug-likeness (QED) is 0.633. The molecule has 0 saturated heterocycles. The summed E-state index contributed by atoms with van der Waals surface area (Å²) in [6.45, 7) is 2.01. The SMILES string of the molecule is CC(CC(=N)N)N(C)c1cnc2ccccc2n1. The van der Waals surface area contributed by atoms with E-state index >= 15 is 0 Å². The first-order chi connectivity index (χ1) is 8.58. The zero-order valence-electron chi connectivity index (χ0n) is 10.6. The van der Waals surface area contributed by atoms with Gasteiger partial charge >= 0.3 is 0 Å². The van der Waals surface area contributed by atoms with Gasteiger partial charge in [0.05, 0.1) is 23.1 Å². The lowest BCUT2D eigenvalue weighted by Gasteiger charge is -2.25. The highest BCUT2D eigenvalue weighted by Crippen LogP contribution is 2.16. The number of hydrogen-bond acceptors (Lipinski definition) is 4. The average Bonchev–Trinajstić information content (AvgIpc) is 2.36. The van der Waals surface area contributed by atoms with Gasteiger partial charge in [0.25, 0.3) is 0 Å². The van der Waals surface area contributed by atoms with Crippen LogP contribution < -0.4 is 10.6 Å². The monoisotopic (exact) mass is 243 g/mol. The van der Waals surface area contributed by atoms with E-state index in [4.69, 9.17) is 11.1 Å². The van der Waals surface area contributed by atoms with Gasteiger partial charge in [-0.3, -0.25) is 10.4 Å². The predicted molar refractivity (Wildman–Crippen MR) is 73.9 cm³/mol. The third-order valence-electron chi connectivity index (χ3n) is 2.97. The summed E-state index contributed by atoms with van der Waals surface area (Å²) < 4.78 is 0.